The standard InChI is InChI=1S/C13H17NO3/c1-7(2)4-11(14)10-6-9(13(16)17)5-8(3)12(10)15/h5-6,11,15H,1,4,14H2,2-3H3,(H,16,17)/t11-/m1/s1. The van der Waals surface area contributed by atoms with Gasteiger partial charge in [-0.1, -0.05) is 5.57 Å². The molecule has 0 saturated heterocycles. The van der Waals surface area contributed by atoms with E-state index in [1.165, 1.54) is 12.1 Å². The molecule has 4 N–H and O–H groups in total. The van der Waals surface area contributed by atoms with E-state index in [9.17, 15) is 9.90 Å². The first-order chi connectivity index (χ1) is 7.82. The Morgan fingerprint density at radius 2 is 2.12 bits per heavy atom. The molecule has 0 aliphatic heterocycles. The lowest BCUT2D eigenvalue weighted by Crippen LogP contribution is -2.12. The molecular formula is C13H17NO3. The molecule has 0 saturated carbocycles. The van der Waals surface area contributed by atoms with Gasteiger partial charge in [0.1, 0.15) is 5.75 Å². The minimum atomic E-state index is -1.03. The summed E-state index contributed by atoms with van der Waals surface area (Å²) in [4.78, 5) is 10.9. The Kier molecular flexibility index (Phi) is 3.91. The van der Waals surface area contributed by atoms with Crippen LogP contribution in [0.15, 0.2) is 24.3 Å². The molecular weight excluding hydrogens is 218 g/mol. The van der Waals surface area contributed by atoms with Gasteiger partial charge in [0.25, 0.3) is 0 Å². The maximum absolute atomic E-state index is 10.9. The Bertz CT molecular complexity index is 466. The van der Waals surface area contributed by atoms with Gasteiger partial charge in [-0.2, -0.15) is 0 Å². The quantitative estimate of drug-likeness (QED) is 0.699. The van der Waals surface area contributed by atoms with E-state index in [0.29, 0.717) is 17.5 Å². The summed E-state index contributed by atoms with van der Waals surface area (Å²) in [7, 11) is 0. The van der Waals surface area contributed by atoms with Crippen LogP contribution in [0.5, 0.6) is 5.75 Å². The van der Waals surface area contributed by atoms with Gasteiger partial charge < -0.3 is 15.9 Å². The Balaban J connectivity index is 3.22. The summed E-state index contributed by atoms with van der Waals surface area (Å²) in [6.45, 7) is 7.24. The number of phenols is 1. The van der Waals surface area contributed by atoms with Gasteiger partial charge in [0.2, 0.25) is 0 Å². The SMILES string of the molecule is C=C(C)C[C@@H](N)c1cc(C(=O)O)cc(C)c1O. The predicted octanol–water partition coefficient (Wildman–Crippen LogP) is 2.36. The molecule has 1 aromatic rings. The zero-order valence-corrected chi connectivity index (χ0v) is 10.0. The number of carbonyl (C=O) groups is 1. The molecule has 92 valence electrons. The van der Waals surface area contributed by atoms with Crippen LogP contribution in [0.3, 0.4) is 0 Å². The zero-order valence-electron chi connectivity index (χ0n) is 10.0. The molecule has 1 rings (SSSR count). The molecule has 1 aromatic carbocycles. The molecule has 0 aliphatic rings. The van der Waals surface area contributed by atoms with Crippen LogP contribution in [0.25, 0.3) is 0 Å². The zero-order chi connectivity index (χ0) is 13.2. The molecule has 4 nitrogen and oxygen atoms in total. The molecule has 0 spiro atoms. The maximum Gasteiger partial charge on any atom is 0.335 e. The molecule has 4 heteroatoms. The summed E-state index contributed by atoms with van der Waals surface area (Å²) in [5.74, 6) is -0.972. The molecule has 0 aromatic heterocycles. The van der Waals surface area contributed by atoms with Crippen molar-refractivity contribution in [2.45, 2.75) is 26.3 Å². The minimum absolute atomic E-state index is 0.0590. The van der Waals surface area contributed by atoms with E-state index in [1.54, 1.807) is 6.92 Å². The molecule has 0 fully saturated rings. The fourth-order valence-electron chi connectivity index (χ4n) is 1.70. The number of aromatic hydroxyl groups is 1. The van der Waals surface area contributed by atoms with Crippen molar-refractivity contribution < 1.29 is 15.0 Å². The minimum Gasteiger partial charge on any atom is -0.507 e. The van der Waals surface area contributed by atoms with Crippen LogP contribution < -0.4 is 5.73 Å². The lowest BCUT2D eigenvalue weighted by molar-refractivity contribution is 0.0696. The van der Waals surface area contributed by atoms with Gasteiger partial charge in [-0.05, 0) is 38.0 Å². The van der Waals surface area contributed by atoms with E-state index >= 15 is 0 Å². The smallest absolute Gasteiger partial charge is 0.335 e. The number of phenolic OH excluding ortho intramolecular Hbond substituents is 1. The maximum atomic E-state index is 10.9. The van der Waals surface area contributed by atoms with Gasteiger partial charge in [-0.3, -0.25) is 0 Å². The second-order valence-electron chi connectivity index (χ2n) is 4.30. The average molecular weight is 235 g/mol. The van der Waals surface area contributed by atoms with E-state index < -0.39 is 12.0 Å². The molecule has 1 atom stereocenters. The molecule has 0 aliphatic carbocycles. The van der Waals surface area contributed by atoms with Gasteiger partial charge in [0.05, 0.1) is 5.56 Å². The van der Waals surface area contributed by atoms with Crippen LogP contribution in [0.1, 0.15) is 40.9 Å². The molecule has 0 amide bonds. The van der Waals surface area contributed by atoms with Gasteiger partial charge in [0, 0.05) is 11.6 Å². The Labute approximate surface area is 100 Å². The van der Waals surface area contributed by atoms with Crippen molar-refractivity contribution in [2.24, 2.45) is 5.73 Å². The van der Waals surface area contributed by atoms with Crippen molar-refractivity contribution in [3.63, 3.8) is 0 Å². The van der Waals surface area contributed by atoms with Crippen molar-refractivity contribution in [2.75, 3.05) is 0 Å². The number of carboxylic acids is 1. The molecule has 0 radical (unpaired) electrons. The molecule has 0 unspecified atom stereocenters. The average Bonchev–Trinajstić information content (AvgIpc) is 2.20. The number of aromatic carboxylic acids is 1. The van der Waals surface area contributed by atoms with Crippen LogP contribution in [-0.4, -0.2) is 16.2 Å². The highest BCUT2D eigenvalue weighted by atomic mass is 16.4. The number of rotatable bonds is 4. The lowest BCUT2D eigenvalue weighted by Gasteiger charge is -2.16. The highest BCUT2D eigenvalue weighted by Crippen LogP contribution is 2.30. The lowest BCUT2D eigenvalue weighted by atomic mass is 9.96. The summed E-state index contributed by atoms with van der Waals surface area (Å²) in [5.41, 5.74) is 7.90. The van der Waals surface area contributed by atoms with Crippen molar-refractivity contribution in [1.82, 2.24) is 0 Å². The van der Waals surface area contributed by atoms with E-state index in [1.807, 2.05) is 6.92 Å². The number of carboxylic acid groups (broad SMARTS) is 1. The molecule has 0 bridgehead atoms. The van der Waals surface area contributed by atoms with Crippen LogP contribution in [0.4, 0.5) is 0 Å². The van der Waals surface area contributed by atoms with E-state index in [2.05, 4.69) is 6.58 Å². The summed E-state index contributed by atoms with van der Waals surface area (Å²) in [5, 5.41) is 18.8. The topological polar surface area (TPSA) is 83.6 Å². The highest BCUT2D eigenvalue weighted by molar-refractivity contribution is 5.88. The normalized spacial score (nSPS) is 12.2. The Hall–Kier alpha value is -1.81. The number of aryl methyl sites for hydroxylation is 1. The van der Waals surface area contributed by atoms with Crippen molar-refractivity contribution in [3.8, 4) is 5.75 Å². The summed E-state index contributed by atoms with van der Waals surface area (Å²) in [6, 6.07) is 2.40. The predicted molar refractivity (Wildman–Crippen MR) is 66.2 cm³/mol. The van der Waals surface area contributed by atoms with E-state index in [-0.39, 0.29) is 11.3 Å². The third-order valence-corrected chi connectivity index (χ3v) is 2.54. The van der Waals surface area contributed by atoms with Crippen LogP contribution in [0.2, 0.25) is 0 Å². The second kappa shape index (κ2) is 5.01. The fourth-order valence-corrected chi connectivity index (χ4v) is 1.70. The third-order valence-electron chi connectivity index (χ3n) is 2.54. The number of nitrogens with two attached hydrogens (primary N) is 1. The van der Waals surface area contributed by atoms with Crippen LogP contribution in [-0.2, 0) is 0 Å². The van der Waals surface area contributed by atoms with Crippen LogP contribution >= 0.6 is 0 Å². The first kappa shape index (κ1) is 13.3. The first-order valence-electron chi connectivity index (χ1n) is 5.29. The Morgan fingerprint density at radius 1 is 1.53 bits per heavy atom. The number of hydrogen-bond acceptors (Lipinski definition) is 3. The Morgan fingerprint density at radius 3 is 2.59 bits per heavy atom. The monoisotopic (exact) mass is 235 g/mol. The largest absolute Gasteiger partial charge is 0.507 e. The number of benzene rings is 1. The summed E-state index contributed by atoms with van der Waals surface area (Å²) in [6.07, 6.45) is 0.510. The van der Waals surface area contributed by atoms with Gasteiger partial charge in [0.15, 0.2) is 0 Å². The molecule has 0 heterocycles. The van der Waals surface area contributed by atoms with Crippen molar-refractivity contribution in [1.29, 1.82) is 0 Å². The van der Waals surface area contributed by atoms with Crippen LogP contribution in [0, 0.1) is 6.92 Å². The van der Waals surface area contributed by atoms with E-state index in [0.717, 1.165) is 5.57 Å². The van der Waals surface area contributed by atoms with Crippen molar-refractivity contribution >= 4 is 5.97 Å². The van der Waals surface area contributed by atoms with Gasteiger partial charge in [-0.15, -0.1) is 6.58 Å². The molecule has 17 heavy (non-hydrogen) atoms. The van der Waals surface area contributed by atoms with E-state index in [4.69, 9.17) is 10.8 Å². The number of hydrogen-bond donors (Lipinski definition) is 3. The fraction of sp³-hybridized carbons (Fsp3) is 0.308. The van der Waals surface area contributed by atoms with Crippen molar-refractivity contribution in [3.05, 3.63) is 41.0 Å². The first-order valence-corrected chi connectivity index (χ1v) is 5.29. The highest BCUT2D eigenvalue weighted by Gasteiger charge is 2.16. The van der Waals surface area contributed by atoms with Gasteiger partial charge in [-0.25, -0.2) is 4.79 Å². The summed E-state index contributed by atoms with van der Waals surface area (Å²) >= 11 is 0. The van der Waals surface area contributed by atoms with Gasteiger partial charge >= 0.3 is 5.97 Å². The second-order valence-corrected chi connectivity index (χ2v) is 4.30. The summed E-state index contributed by atoms with van der Waals surface area (Å²) < 4.78 is 0. The third kappa shape index (κ3) is 3.07.